The van der Waals surface area contributed by atoms with Gasteiger partial charge in [-0.25, -0.2) is 9.59 Å². The van der Waals surface area contributed by atoms with Crippen LogP contribution in [-0.4, -0.2) is 78.0 Å². The van der Waals surface area contributed by atoms with Crippen molar-refractivity contribution in [1.82, 2.24) is 15.5 Å². The van der Waals surface area contributed by atoms with Crippen LogP contribution >= 0.6 is 0 Å². The van der Waals surface area contributed by atoms with Crippen molar-refractivity contribution in [1.29, 1.82) is 0 Å². The summed E-state index contributed by atoms with van der Waals surface area (Å²) < 4.78 is 5.48. The van der Waals surface area contributed by atoms with Crippen LogP contribution in [0.5, 0.6) is 0 Å². The predicted octanol–water partition coefficient (Wildman–Crippen LogP) is -1.07. The molecule has 4 N–H and O–H groups in total. The first-order valence-corrected chi connectivity index (χ1v) is 6.75. The molecule has 0 radical (unpaired) electrons. The zero-order valence-corrected chi connectivity index (χ0v) is 11.9. The van der Waals surface area contributed by atoms with Crippen molar-refractivity contribution < 1.29 is 29.3 Å². The summed E-state index contributed by atoms with van der Waals surface area (Å²) >= 11 is 0. The molecule has 1 heterocycles. The summed E-state index contributed by atoms with van der Waals surface area (Å²) in [6.45, 7) is 5.28. The van der Waals surface area contributed by atoms with Crippen LogP contribution in [0, 0.1) is 0 Å². The van der Waals surface area contributed by atoms with E-state index in [1.54, 1.807) is 0 Å². The largest absolute Gasteiger partial charge is 0.481 e. The number of carboxylic acid groups (broad SMARTS) is 2. The molecule has 0 aromatic carbocycles. The highest BCUT2D eigenvalue weighted by atomic mass is 16.5. The highest BCUT2D eigenvalue weighted by molar-refractivity contribution is 5.86. The van der Waals surface area contributed by atoms with Crippen LogP contribution in [0.3, 0.4) is 0 Å². The number of ether oxygens (including phenoxy) is 1. The van der Waals surface area contributed by atoms with Crippen LogP contribution in [-0.2, 0) is 14.3 Å². The third kappa shape index (κ3) is 6.41. The van der Waals surface area contributed by atoms with Gasteiger partial charge in [0.2, 0.25) is 0 Å². The number of hydrogen-bond donors (Lipinski definition) is 4. The van der Waals surface area contributed by atoms with Gasteiger partial charge in [0.15, 0.2) is 0 Å². The van der Waals surface area contributed by atoms with Crippen molar-refractivity contribution in [2.24, 2.45) is 0 Å². The van der Waals surface area contributed by atoms with Crippen LogP contribution in [0.4, 0.5) is 4.79 Å². The van der Waals surface area contributed by atoms with Gasteiger partial charge in [-0.1, -0.05) is 6.92 Å². The van der Waals surface area contributed by atoms with E-state index in [4.69, 9.17) is 14.9 Å². The molecule has 1 saturated heterocycles. The normalized spacial score (nSPS) is 20.5. The number of rotatable bonds is 7. The van der Waals surface area contributed by atoms with Gasteiger partial charge >= 0.3 is 18.0 Å². The molecule has 0 aromatic rings. The Morgan fingerprint density at radius 2 is 2.10 bits per heavy atom. The Morgan fingerprint density at radius 3 is 2.67 bits per heavy atom. The van der Waals surface area contributed by atoms with E-state index < -0.39 is 30.4 Å². The summed E-state index contributed by atoms with van der Waals surface area (Å²) in [6, 6.07) is -2.18. The lowest BCUT2D eigenvalue weighted by Crippen LogP contribution is -2.51. The van der Waals surface area contributed by atoms with E-state index in [-0.39, 0.29) is 12.6 Å². The molecule has 0 aliphatic carbocycles. The van der Waals surface area contributed by atoms with Crippen molar-refractivity contribution in [2.45, 2.75) is 25.5 Å². The van der Waals surface area contributed by atoms with Gasteiger partial charge in [-0.2, -0.15) is 0 Å². The summed E-state index contributed by atoms with van der Waals surface area (Å²) in [7, 11) is 0. The summed E-state index contributed by atoms with van der Waals surface area (Å²) in [4.78, 5) is 35.1. The van der Waals surface area contributed by atoms with Crippen molar-refractivity contribution in [3.05, 3.63) is 0 Å². The minimum atomic E-state index is -1.46. The lowest BCUT2D eigenvalue weighted by atomic mass is 10.2. The van der Waals surface area contributed by atoms with Gasteiger partial charge in [0.1, 0.15) is 6.04 Å². The second-order valence-electron chi connectivity index (χ2n) is 4.73. The Hall–Kier alpha value is -1.87. The molecule has 9 heteroatoms. The SMILES string of the molecule is CCN1CCOC(CNC(=O)N[C@H](CC(=O)O)C(=O)O)C1. The third-order valence-electron chi connectivity index (χ3n) is 3.14. The predicted molar refractivity (Wildman–Crippen MR) is 72.1 cm³/mol. The maximum atomic E-state index is 11.6. The summed E-state index contributed by atoms with van der Waals surface area (Å²) in [5, 5.41) is 22.0. The number of nitrogens with zero attached hydrogens (tertiary/aromatic N) is 1. The average molecular weight is 303 g/mol. The molecule has 0 spiro atoms. The van der Waals surface area contributed by atoms with Crippen LogP contribution in [0.1, 0.15) is 13.3 Å². The molecule has 1 aliphatic heterocycles. The molecule has 120 valence electrons. The Morgan fingerprint density at radius 1 is 1.38 bits per heavy atom. The number of carboxylic acids is 2. The molecule has 0 aromatic heterocycles. The minimum Gasteiger partial charge on any atom is -0.481 e. The molecule has 1 unspecified atom stereocenters. The fraction of sp³-hybridized carbons (Fsp3) is 0.750. The van der Waals surface area contributed by atoms with E-state index in [1.807, 2.05) is 6.92 Å². The summed E-state index contributed by atoms with van der Waals surface area (Å²) in [5.41, 5.74) is 0. The zero-order valence-electron chi connectivity index (χ0n) is 11.9. The van der Waals surface area contributed by atoms with Crippen LogP contribution in [0.15, 0.2) is 0 Å². The molecule has 0 bridgehead atoms. The lowest BCUT2D eigenvalue weighted by molar-refractivity contribution is -0.145. The van der Waals surface area contributed by atoms with Crippen molar-refractivity contribution in [3.63, 3.8) is 0 Å². The number of carbonyl (C=O) groups is 3. The number of urea groups is 1. The van der Waals surface area contributed by atoms with Gasteiger partial charge in [0.25, 0.3) is 0 Å². The van der Waals surface area contributed by atoms with E-state index in [0.29, 0.717) is 13.2 Å². The fourth-order valence-corrected chi connectivity index (χ4v) is 1.98. The molecule has 21 heavy (non-hydrogen) atoms. The molecule has 0 saturated carbocycles. The van der Waals surface area contributed by atoms with Crippen LogP contribution in [0.2, 0.25) is 0 Å². The van der Waals surface area contributed by atoms with Crippen molar-refractivity contribution in [2.75, 3.05) is 32.8 Å². The number of morpholine rings is 1. The molecular formula is C12H21N3O6. The molecule has 2 atom stereocenters. The zero-order chi connectivity index (χ0) is 15.8. The summed E-state index contributed by atoms with van der Waals surface area (Å²) in [6.07, 6.45) is -0.834. The Labute approximate surface area is 122 Å². The lowest BCUT2D eigenvalue weighted by Gasteiger charge is -2.32. The van der Waals surface area contributed by atoms with E-state index in [2.05, 4.69) is 15.5 Å². The molecule has 1 rings (SSSR count). The first-order chi connectivity index (χ1) is 9.92. The van der Waals surface area contributed by atoms with E-state index in [9.17, 15) is 14.4 Å². The number of amides is 2. The first kappa shape index (κ1) is 17.2. The molecular weight excluding hydrogens is 282 g/mol. The van der Waals surface area contributed by atoms with E-state index in [0.717, 1.165) is 13.1 Å². The quantitative estimate of drug-likeness (QED) is 0.471. The standard InChI is InChI=1S/C12H21N3O6/c1-2-15-3-4-21-8(7-15)6-13-12(20)14-9(11(18)19)5-10(16)17/h8-9H,2-7H2,1H3,(H,16,17)(H,18,19)(H2,13,14,20)/t8?,9-/m1/s1. The Kier molecular flexibility index (Phi) is 6.89. The maximum Gasteiger partial charge on any atom is 0.326 e. The van der Waals surface area contributed by atoms with E-state index >= 15 is 0 Å². The first-order valence-electron chi connectivity index (χ1n) is 6.75. The second kappa shape index (κ2) is 8.42. The van der Waals surface area contributed by atoms with Crippen LogP contribution < -0.4 is 10.6 Å². The second-order valence-corrected chi connectivity index (χ2v) is 4.73. The molecule has 1 fully saturated rings. The van der Waals surface area contributed by atoms with Gasteiger partial charge < -0.3 is 25.6 Å². The number of carbonyl (C=O) groups excluding carboxylic acids is 1. The Bertz CT molecular complexity index is 389. The topological polar surface area (TPSA) is 128 Å². The number of aliphatic carboxylic acids is 2. The van der Waals surface area contributed by atoms with Gasteiger partial charge in [-0.05, 0) is 6.54 Å². The summed E-state index contributed by atoms with van der Waals surface area (Å²) in [5.74, 6) is -2.68. The monoisotopic (exact) mass is 303 g/mol. The molecule has 9 nitrogen and oxygen atoms in total. The average Bonchev–Trinajstić information content (AvgIpc) is 2.44. The smallest absolute Gasteiger partial charge is 0.326 e. The third-order valence-corrected chi connectivity index (χ3v) is 3.14. The van der Waals surface area contributed by atoms with E-state index in [1.165, 1.54) is 0 Å². The maximum absolute atomic E-state index is 11.6. The Balaban J connectivity index is 2.35. The van der Waals surface area contributed by atoms with Gasteiger partial charge in [-0.3, -0.25) is 9.69 Å². The van der Waals surface area contributed by atoms with Crippen molar-refractivity contribution in [3.8, 4) is 0 Å². The highest BCUT2D eigenvalue weighted by Crippen LogP contribution is 2.03. The van der Waals surface area contributed by atoms with Gasteiger partial charge in [0, 0.05) is 19.6 Å². The van der Waals surface area contributed by atoms with Gasteiger partial charge in [-0.15, -0.1) is 0 Å². The fourth-order valence-electron chi connectivity index (χ4n) is 1.98. The number of nitrogens with one attached hydrogen (secondary N) is 2. The molecule has 1 aliphatic rings. The number of likely N-dealkylation sites (N-methyl/N-ethyl adjacent to an activating group) is 1. The minimum absolute atomic E-state index is 0.160. The number of hydrogen-bond acceptors (Lipinski definition) is 5. The molecule has 2 amide bonds. The highest BCUT2D eigenvalue weighted by Gasteiger charge is 2.24. The van der Waals surface area contributed by atoms with Gasteiger partial charge in [0.05, 0.1) is 19.1 Å². The van der Waals surface area contributed by atoms with Crippen LogP contribution in [0.25, 0.3) is 0 Å². The van der Waals surface area contributed by atoms with Crippen molar-refractivity contribution >= 4 is 18.0 Å².